The van der Waals surface area contributed by atoms with Gasteiger partial charge in [0, 0.05) is 19.2 Å². The van der Waals surface area contributed by atoms with Gasteiger partial charge in [-0.25, -0.2) is 0 Å². The molecule has 0 aromatic carbocycles. The maximum absolute atomic E-state index is 12.6. The molecule has 3 aliphatic rings. The standard InChI is InChI=1S/C15H25NO2/c1-11-8-9-16(13-6-3-2-5-12(11)13)15(17)14-7-4-10-18-14/h11-14H,2-10H2,1H3. The third-order valence-electron chi connectivity index (χ3n) is 5.23. The SMILES string of the molecule is CC1CCN(C(=O)C2CCCO2)C2CCCCC12. The summed E-state index contributed by atoms with van der Waals surface area (Å²) in [6, 6.07) is 0.513. The van der Waals surface area contributed by atoms with Crippen molar-refractivity contribution in [2.45, 2.75) is 64.0 Å². The Morgan fingerprint density at radius 3 is 2.72 bits per heavy atom. The quantitative estimate of drug-likeness (QED) is 0.717. The molecule has 0 aromatic rings. The monoisotopic (exact) mass is 251 g/mol. The number of hydrogen-bond donors (Lipinski definition) is 0. The third kappa shape index (κ3) is 2.18. The molecule has 18 heavy (non-hydrogen) atoms. The van der Waals surface area contributed by atoms with Crippen LogP contribution in [0.3, 0.4) is 0 Å². The molecule has 1 aliphatic carbocycles. The molecule has 1 saturated carbocycles. The fourth-order valence-electron chi connectivity index (χ4n) is 4.14. The number of likely N-dealkylation sites (tertiary alicyclic amines) is 1. The summed E-state index contributed by atoms with van der Waals surface area (Å²) < 4.78 is 5.58. The summed E-state index contributed by atoms with van der Waals surface area (Å²) in [5, 5.41) is 0. The zero-order valence-electron chi connectivity index (χ0n) is 11.4. The van der Waals surface area contributed by atoms with Gasteiger partial charge in [0.15, 0.2) is 0 Å². The number of carbonyl (C=O) groups excluding carboxylic acids is 1. The average Bonchev–Trinajstić information content (AvgIpc) is 2.93. The van der Waals surface area contributed by atoms with Gasteiger partial charge >= 0.3 is 0 Å². The molecular formula is C15H25NO2. The van der Waals surface area contributed by atoms with Crippen LogP contribution in [0.2, 0.25) is 0 Å². The smallest absolute Gasteiger partial charge is 0.251 e. The molecule has 0 spiro atoms. The van der Waals surface area contributed by atoms with Crippen molar-refractivity contribution in [1.29, 1.82) is 0 Å². The van der Waals surface area contributed by atoms with Gasteiger partial charge in [0.2, 0.25) is 0 Å². The third-order valence-corrected chi connectivity index (χ3v) is 5.23. The highest BCUT2D eigenvalue weighted by Crippen LogP contribution is 2.39. The zero-order chi connectivity index (χ0) is 12.5. The molecule has 0 N–H and O–H groups in total. The van der Waals surface area contributed by atoms with Gasteiger partial charge in [-0.05, 0) is 43.9 Å². The van der Waals surface area contributed by atoms with E-state index in [9.17, 15) is 4.79 Å². The Kier molecular flexibility index (Phi) is 3.60. The van der Waals surface area contributed by atoms with Crippen molar-refractivity contribution in [1.82, 2.24) is 4.90 Å². The minimum Gasteiger partial charge on any atom is -0.368 e. The Hall–Kier alpha value is -0.570. The number of carbonyl (C=O) groups is 1. The summed E-state index contributed by atoms with van der Waals surface area (Å²) in [6.07, 6.45) is 8.23. The van der Waals surface area contributed by atoms with E-state index in [1.165, 1.54) is 32.1 Å². The van der Waals surface area contributed by atoms with E-state index in [1.54, 1.807) is 0 Å². The number of piperidine rings is 1. The van der Waals surface area contributed by atoms with Gasteiger partial charge in [-0.2, -0.15) is 0 Å². The van der Waals surface area contributed by atoms with E-state index in [2.05, 4.69) is 11.8 Å². The van der Waals surface area contributed by atoms with Crippen molar-refractivity contribution in [3.8, 4) is 0 Å². The highest BCUT2D eigenvalue weighted by molar-refractivity contribution is 5.81. The molecule has 0 bridgehead atoms. The lowest BCUT2D eigenvalue weighted by atomic mass is 9.72. The van der Waals surface area contributed by atoms with Gasteiger partial charge in [0.1, 0.15) is 6.10 Å². The molecule has 102 valence electrons. The van der Waals surface area contributed by atoms with Crippen molar-refractivity contribution < 1.29 is 9.53 Å². The molecule has 3 nitrogen and oxygen atoms in total. The van der Waals surface area contributed by atoms with Gasteiger partial charge in [-0.3, -0.25) is 4.79 Å². The van der Waals surface area contributed by atoms with Crippen LogP contribution in [0.15, 0.2) is 0 Å². The van der Waals surface area contributed by atoms with Crippen LogP contribution in [0, 0.1) is 11.8 Å². The van der Waals surface area contributed by atoms with Gasteiger partial charge in [-0.15, -0.1) is 0 Å². The zero-order valence-corrected chi connectivity index (χ0v) is 11.4. The predicted molar refractivity (Wildman–Crippen MR) is 70.2 cm³/mol. The van der Waals surface area contributed by atoms with E-state index in [1.807, 2.05) is 0 Å². The van der Waals surface area contributed by atoms with E-state index in [0.717, 1.165) is 37.8 Å². The van der Waals surface area contributed by atoms with Crippen LogP contribution >= 0.6 is 0 Å². The number of rotatable bonds is 1. The Morgan fingerprint density at radius 2 is 1.94 bits per heavy atom. The molecule has 2 aliphatic heterocycles. The molecule has 2 heterocycles. The summed E-state index contributed by atoms with van der Waals surface area (Å²) in [5.41, 5.74) is 0. The molecule has 1 amide bonds. The average molecular weight is 251 g/mol. The lowest BCUT2D eigenvalue weighted by Gasteiger charge is -2.47. The fraction of sp³-hybridized carbons (Fsp3) is 0.933. The maximum atomic E-state index is 12.6. The molecule has 2 saturated heterocycles. The Morgan fingerprint density at radius 1 is 1.11 bits per heavy atom. The minimum atomic E-state index is -0.124. The highest BCUT2D eigenvalue weighted by Gasteiger charge is 2.41. The molecular weight excluding hydrogens is 226 g/mol. The number of nitrogens with zero attached hydrogens (tertiary/aromatic N) is 1. The normalized spacial score (nSPS) is 40.6. The van der Waals surface area contributed by atoms with Gasteiger partial charge < -0.3 is 9.64 Å². The number of ether oxygens (including phenoxy) is 1. The first-order valence-electron chi connectivity index (χ1n) is 7.69. The van der Waals surface area contributed by atoms with E-state index in [0.29, 0.717) is 6.04 Å². The van der Waals surface area contributed by atoms with Gasteiger partial charge in [-0.1, -0.05) is 19.8 Å². The second-order valence-electron chi connectivity index (χ2n) is 6.31. The Labute approximate surface area is 110 Å². The topological polar surface area (TPSA) is 29.5 Å². The van der Waals surface area contributed by atoms with Crippen molar-refractivity contribution in [3.63, 3.8) is 0 Å². The molecule has 3 rings (SSSR count). The Bertz CT molecular complexity index is 312. The summed E-state index contributed by atoms with van der Waals surface area (Å²) in [6.45, 7) is 4.10. The van der Waals surface area contributed by atoms with Crippen LogP contribution in [0.4, 0.5) is 0 Å². The van der Waals surface area contributed by atoms with E-state index >= 15 is 0 Å². The summed E-state index contributed by atoms with van der Waals surface area (Å²) >= 11 is 0. The van der Waals surface area contributed by atoms with Crippen LogP contribution in [0.1, 0.15) is 51.9 Å². The van der Waals surface area contributed by atoms with Crippen LogP contribution in [-0.2, 0) is 9.53 Å². The molecule has 4 atom stereocenters. The summed E-state index contributed by atoms with van der Waals surface area (Å²) in [5.74, 6) is 1.83. The minimum absolute atomic E-state index is 0.124. The van der Waals surface area contributed by atoms with Crippen molar-refractivity contribution in [3.05, 3.63) is 0 Å². The molecule has 4 unspecified atom stereocenters. The van der Waals surface area contributed by atoms with E-state index in [-0.39, 0.29) is 12.0 Å². The number of hydrogen-bond acceptors (Lipinski definition) is 2. The van der Waals surface area contributed by atoms with E-state index < -0.39 is 0 Å². The second-order valence-corrected chi connectivity index (χ2v) is 6.31. The van der Waals surface area contributed by atoms with Crippen molar-refractivity contribution in [2.75, 3.05) is 13.2 Å². The first kappa shape index (κ1) is 12.5. The number of fused-ring (bicyclic) bond motifs is 1. The van der Waals surface area contributed by atoms with Gasteiger partial charge in [0.05, 0.1) is 0 Å². The fourth-order valence-corrected chi connectivity index (χ4v) is 4.14. The number of amides is 1. The highest BCUT2D eigenvalue weighted by atomic mass is 16.5. The lowest BCUT2D eigenvalue weighted by molar-refractivity contribution is -0.148. The Balaban J connectivity index is 1.72. The molecule has 3 heteroatoms. The summed E-state index contributed by atoms with van der Waals surface area (Å²) in [7, 11) is 0. The van der Waals surface area contributed by atoms with Crippen LogP contribution in [0.5, 0.6) is 0 Å². The first-order valence-corrected chi connectivity index (χ1v) is 7.69. The van der Waals surface area contributed by atoms with Crippen LogP contribution < -0.4 is 0 Å². The predicted octanol–water partition coefficient (Wildman–Crippen LogP) is 2.59. The van der Waals surface area contributed by atoms with Gasteiger partial charge in [0.25, 0.3) is 5.91 Å². The maximum Gasteiger partial charge on any atom is 0.251 e. The summed E-state index contributed by atoms with van der Waals surface area (Å²) in [4.78, 5) is 14.7. The molecule has 0 radical (unpaired) electrons. The van der Waals surface area contributed by atoms with Crippen LogP contribution in [-0.4, -0.2) is 36.1 Å². The largest absolute Gasteiger partial charge is 0.368 e. The van der Waals surface area contributed by atoms with Crippen molar-refractivity contribution in [2.24, 2.45) is 11.8 Å². The second kappa shape index (κ2) is 5.20. The van der Waals surface area contributed by atoms with Crippen molar-refractivity contribution >= 4 is 5.91 Å². The lowest BCUT2D eigenvalue weighted by Crippen LogP contribution is -2.54. The van der Waals surface area contributed by atoms with E-state index in [4.69, 9.17) is 4.74 Å². The molecule has 3 fully saturated rings. The first-order chi connectivity index (χ1) is 8.77. The van der Waals surface area contributed by atoms with Crippen LogP contribution in [0.25, 0.3) is 0 Å². The molecule has 0 aromatic heterocycles.